The van der Waals surface area contributed by atoms with Crippen LogP contribution in [0.2, 0.25) is 0 Å². The predicted octanol–water partition coefficient (Wildman–Crippen LogP) is 0.713. The number of esters is 1. The Bertz CT molecular complexity index is 510. The zero-order valence-corrected chi connectivity index (χ0v) is 12.1. The molecule has 0 bridgehead atoms. The van der Waals surface area contributed by atoms with Crippen molar-refractivity contribution in [3.05, 3.63) is 29.8 Å². The maximum Gasteiger partial charge on any atom is 0.306 e. The van der Waals surface area contributed by atoms with E-state index in [0.29, 0.717) is 31.6 Å². The van der Waals surface area contributed by atoms with Gasteiger partial charge in [0.2, 0.25) is 0 Å². The summed E-state index contributed by atoms with van der Waals surface area (Å²) < 4.78 is 4.62. The summed E-state index contributed by atoms with van der Waals surface area (Å²) >= 11 is 0. The van der Waals surface area contributed by atoms with E-state index in [9.17, 15) is 14.7 Å². The molecular formula is C15H20N2O4. The Balaban J connectivity index is 1.83. The fraction of sp³-hybridized carbons (Fsp3) is 0.467. The molecule has 0 aromatic heterocycles. The van der Waals surface area contributed by atoms with Crippen molar-refractivity contribution in [2.45, 2.75) is 6.42 Å². The van der Waals surface area contributed by atoms with E-state index in [4.69, 9.17) is 0 Å². The summed E-state index contributed by atoms with van der Waals surface area (Å²) in [5.74, 6) is -0.190. The average Bonchev–Trinajstić information content (AvgIpc) is 2.52. The summed E-state index contributed by atoms with van der Waals surface area (Å²) in [7, 11) is 1.38. The second-order valence-electron chi connectivity index (χ2n) is 5.01. The van der Waals surface area contributed by atoms with Crippen LogP contribution in [0.5, 0.6) is 5.75 Å². The third kappa shape index (κ3) is 4.19. The summed E-state index contributed by atoms with van der Waals surface area (Å²) in [4.78, 5) is 27.3. The molecule has 0 unspecified atom stereocenters. The molecule has 1 aliphatic rings. The van der Waals surface area contributed by atoms with Gasteiger partial charge in [0.15, 0.2) is 0 Å². The van der Waals surface area contributed by atoms with Gasteiger partial charge >= 0.3 is 5.97 Å². The van der Waals surface area contributed by atoms with E-state index < -0.39 is 0 Å². The number of phenolic OH excluding ortho intramolecular Hbond substituents is 1. The van der Waals surface area contributed by atoms with E-state index in [1.165, 1.54) is 13.2 Å². The molecule has 0 radical (unpaired) electrons. The van der Waals surface area contributed by atoms with Crippen LogP contribution in [0, 0.1) is 0 Å². The lowest BCUT2D eigenvalue weighted by atomic mass is 10.1. The zero-order chi connectivity index (χ0) is 15.2. The minimum absolute atomic E-state index is 0.0708. The third-order valence-electron chi connectivity index (χ3n) is 3.61. The highest BCUT2D eigenvalue weighted by Gasteiger charge is 2.22. The molecule has 1 N–H and O–H groups in total. The number of nitrogens with zero attached hydrogens (tertiary/aromatic N) is 2. The van der Waals surface area contributed by atoms with Gasteiger partial charge in [-0.15, -0.1) is 0 Å². The Hall–Kier alpha value is -2.08. The molecule has 0 aliphatic carbocycles. The lowest BCUT2D eigenvalue weighted by Gasteiger charge is -2.34. The normalized spacial score (nSPS) is 15.8. The number of piperazine rings is 1. The van der Waals surface area contributed by atoms with Crippen molar-refractivity contribution in [2.75, 3.05) is 39.8 Å². The SMILES string of the molecule is COC(=O)CCN1CCN(C(=O)c2cccc(O)c2)CC1. The second-order valence-corrected chi connectivity index (χ2v) is 5.01. The second kappa shape index (κ2) is 7.08. The number of aromatic hydroxyl groups is 1. The molecule has 1 amide bonds. The smallest absolute Gasteiger partial charge is 0.306 e. The Kier molecular flexibility index (Phi) is 5.16. The molecule has 6 nitrogen and oxygen atoms in total. The molecule has 0 saturated carbocycles. The van der Waals surface area contributed by atoms with Crippen molar-refractivity contribution in [3.63, 3.8) is 0 Å². The van der Waals surface area contributed by atoms with Gasteiger partial charge in [-0.25, -0.2) is 0 Å². The van der Waals surface area contributed by atoms with Gasteiger partial charge in [-0.05, 0) is 18.2 Å². The first kappa shape index (κ1) is 15.3. The van der Waals surface area contributed by atoms with Crippen molar-refractivity contribution >= 4 is 11.9 Å². The van der Waals surface area contributed by atoms with Gasteiger partial charge in [0.25, 0.3) is 5.91 Å². The largest absolute Gasteiger partial charge is 0.508 e. The Morgan fingerprint density at radius 3 is 2.57 bits per heavy atom. The topological polar surface area (TPSA) is 70.1 Å². The molecule has 114 valence electrons. The average molecular weight is 292 g/mol. The van der Waals surface area contributed by atoms with Crippen LogP contribution in [-0.2, 0) is 9.53 Å². The highest BCUT2D eigenvalue weighted by atomic mass is 16.5. The number of hydrogen-bond acceptors (Lipinski definition) is 5. The summed E-state index contributed by atoms with van der Waals surface area (Å²) in [6.45, 7) is 3.37. The van der Waals surface area contributed by atoms with Gasteiger partial charge in [0, 0.05) is 38.3 Å². The number of carbonyl (C=O) groups is 2. The molecule has 1 aromatic rings. The Morgan fingerprint density at radius 1 is 1.24 bits per heavy atom. The highest BCUT2D eigenvalue weighted by Crippen LogP contribution is 2.14. The third-order valence-corrected chi connectivity index (χ3v) is 3.61. The standard InChI is InChI=1S/C15H20N2O4/c1-21-14(19)5-6-16-7-9-17(10-8-16)15(20)12-3-2-4-13(18)11-12/h2-4,11,18H,5-10H2,1H3. The first-order chi connectivity index (χ1) is 10.1. The number of phenols is 1. The first-order valence-electron chi connectivity index (χ1n) is 6.97. The fourth-order valence-electron chi connectivity index (χ4n) is 2.35. The molecule has 6 heteroatoms. The van der Waals surface area contributed by atoms with Gasteiger partial charge < -0.3 is 14.7 Å². The molecule has 1 heterocycles. The van der Waals surface area contributed by atoms with Crippen molar-refractivity contribution < 1.29 is 19.4 Å². The van der Waals surface area contributed by atoms with Gasteiger partial charge in [-0.3, -0.25) is 14.5 Å². The summed E-state index contributed by atoms with van der Waals surface area (Å²) in [5, 5.41) is 9.42. The molecule has 1 saturated heterocycles. The maximum atomic E-state index is 12.3. The first-order valence-corrected chi connectivity index (χ1v) is 6.97. The van der Waals surface area contributed by atoms with E-state index >= 15 is 0 Å². The minimum Gasteiger partial charge on any atom is -0.508 e. The lowest BCUT2D eigenvalue weighted by molar-refractivity contribution is -0.141. The van der Waals surface area contributed by atoms with Crippen LogP contribution in [0.1, 0.15) is 16.8 Å². The van der Waals surface area contributed by atoms with E-state index in [0.717, 1.165) is 13.1 Å². The van der Waals surface area contributed by atoms with E-state index in [1.807, 2.05) is 0 Å². The predicted molar refractivity (Wildman–Crippen MR) is 77.1 cm³/mol. The van der Waals surface area contributed by atoms with E-state index in [-0.39, 0.29) is 17.6 Å². The van der Waals surface area contributed by atoms with Crippen molar-refractivity contribution in [1.29, 1.82) is 0 Å². The summed E-state index contributed by atoms with van der Waals surface area (Å²) in [5.41, 5.74) is 0.498. The van der Waals surface area contributed by atoms with Crippen LogP contribution >= 0.6 is 0 Å². The molecule has 1 aliphatic heterocycles. The van der Waals surface area contributed by atoms with Crippen LogP contribution in [0.15, 0.2) is 24.3 Å². The monoisotopic (exact) mass is 292 g/mol. The number of methoxy groups -OCH3 is 1. The number of rotatable bonds is 4. The van der Waals surface area contributed by atoms with E-state index in [2.05, 4.69) is 9.64 Å². The maximum absolute atomic E-state index is 12.3. The van der Waals surface area contributed by atoms with E-state index in [1.54, 1.807) is 23.1 Å². The van der Waals surface area contributed by atoms with Crippen molar-refractivity contribution in [1.82, 2.24) is 9.80 Å². The Morgan fingerprint density at radius 2 is 1.95 bits per heavy atom. The van der Waals surface area contributed by atoms with Gasteiger partial charge in [-0.2, -0.15) is 0 Å². The van der Waals surface area contributed by atoms with Crippen molar-refractivity contribution in [2.24, 2.45) is 0 Å². The molecule has 0 atom stereocenters. The van der Waals surface area contributed by atoms with Crippen LogP contribution in [0.4, 0.5) is 0 Å². The number of benzene rings is 1. The number of hydrogen-bond donors (Lipinski definition) is 1. The van der Waals surface area contributed by atoms with Gasteiger partial charge in [0.05, 0.1) is 13.5 Å². The highest BCUT2D eigenvalue weighted by molar-refractivity contribution is 5.94. The summed E-state index contributed by atoms with van der Waals surface area (Å²) in [6.07, 6.45) is 0.372. The number of carbonyl (C=O) groups excluding carboxylic acids is 2. The van der Waals surface area contributed by atoms with Gasteiger partial charge in [-0.1, -0.05) is 6.07 Å². The van der Waals surface area contributed by atoms with Crippen LogP contribution in [-0.4, -0.2) is 66.6 Å². The molecule has 1 fully saturated rings. The number of amides is 1. The van der Waals surface area contributed by atoms with Crippen LogP contribution in [0.25, 0.3) is 0 Å². The molecule has 0 spiro atoms. The molecular weight excluding hydrogens is 272 g/mol. The zero-order valence-electron chi connectivity index (χ0n) is 12.1. The van der Waals surface area contributed by atoms with Crippen LogP contribution in [0.3, 0.4) is 0 Å². The fourth-order valence-corrected chi connectivity index (χ4v) is 2.35. The quantitative estimate of drug-likeness (QED) is 0.828. The molecule has 1 aromatic carbocycles. The molecule has 2 rings (SSSR count). The van der Waals surface area contributed by atoms with Crippen molar-refractivity contribution in [3.8, 4) is 5.75 Å². The Labute approximate surface area is 123 Å². The van der Waals surface area contributed by atoms with Crippen LogP contribution < -0.4 is 0 Å². The molecule has 21 heavy (non-hydrogen) atoms. The van der Waals surface area contributed by atoms with Gasteiger partial charge in [0.1, 0.15) is 5.75 Å². The lowest BCUT2D eigenvalue weighted by Crippen LogP contribution is -2.49. The minimum atomic E-state index is -0.215. The number of ether oxygens (including phenoxy) is 1. The summed E-state index contributed by atoms with van der Waals surface area (Å²) in [6, 6.07) is 6.38.